The first-order valence-corrected chi connectivity index (χ1v) is 7.16. The second kappa shape index (κ2) is 4.56. The molecule has 3 fully saturated rings. The van der Waals surface area contributed by atoms with E-state index < -0.39 is 5.97 Å². The molecule has 1 saturated heterocycles. The van der Waals surface area contributed by atoms with Crippen molar-refractivity contribution in [1.29, 1.82) is 0 Å². The molecule has 3 unspecified atom stereocenters. The van der Waals surface area contributed by atoms with Crippen molar-refractivity contribution in [2.45, 2.75) is 38.5 Å². The molecular weight excluding hydrogens is 230 g/mol. The second-order valence-corrected chi connectivity index (χ2v) is 6.24. The summed E-state index contributed by atoms with van der Waals surface area (Å²) >= 11 is 0. The number of carbonyl (C=O) groups is 2. The molecule has 2 aliphatic carbocycles. The third kappa shape index (κ3) is 2.02. The van der Waals surface area contributed by atoms with Crippen molar-refractivity contribution in [2.75, 3.05) is 13.1 Å². The van der Waals surface area contributed by atoms with E-state index in [9.17, 15) is 9.59 Å². The number of piperidine rings is 1. The standard InChI is InChI=1S/C14H21NO3/c16-13(12-7-9-3-4-10(12)6-9)15-5-1-2-11(8-15)14(17)18/h9-12H,1-8H2,(H,17,18)/t9?,10?,11-,12?/m1/s1. The monoisotopic (exact) mass is 251 g/mol. The summed E-state index contributed by atoms with van der Waals surface area (Å²) < 4.78 is 0. The molecule has 4 atom stereocenters. The quantitative estimate of drug-likeness (QED) is 0.813. The lowest BCUT2D eigenvalue weighted by Crippen LogP contribution is -2.45. The molecule has 1 amide bonds. The third-order valence-corrected chi connectivity index (χ3v) is 5.14. The predicted octanol–water partition coefficient (Wildman–Crippen LogP) is 1.75. The highest BCUT2D eigenvalue weighted by molar-refractivity contribution is 5.81. The molecular formula is C14H21NO3. The van der Waals surface area contributed by atoms with Crippen LogP contribution in [0.4, 0.5) is 0 Å². The van der Waals surface area contributed by atoms with Crippen LogP contribution in [-0.4, -0.2) is 35.0 Å². The molecule has 0 radical (unpaired) electrons. The molecule has 0 aromatic rings. The minimum absolute atomic E-state index is 0.205. The van der Waals surface area contributed by atoms with Gasteiger partial charge in [0.05, 0.1) is 5.92 Å². The Morgan fingerprint density at radius 1 is 1.11 bits per heavy atom. The van der Waals surface area contributed by atoms with E-state index in [2.05, 4.69) is 0 Å². The van der Waals surface area contributed by atoms with Gasteiger partial charge in [-0.05, 0) is 43.9 Å². The van der Waals surface area contributed by atoms with Crippen molar-refractivity contribution < 1.29 is 14.7 Å². The van der Waals surface area contributed by atoms with Crippen LogP contribution in [0.1, 0.15) is 38.5 Å². The number of amides is 1. The van der Waals surface area contributed by atoms with E-state index in [0.29, 0.717) is 12.5 Å². The molecule has 3 rings (SSSR count). The second-order valence-electron chi connectivity index (χ2n) is 6.24. The molecule has 1 heterocycles. The number of nitrogens with zero attached hydrogens (tertiary/aromatic N) is 1. The van der Waals surface area contributed by atoms with Crippen molar-refractivity contribution in [3.8, 4) is 0 Å². The van der Waals surface area contributed by atoms with Crippen molar-refractivity contribution in [3.63, 3.8) is 0 Å². The first-order chi connectivity index (χ1) is 8.65. The molecule has 4 nitrogen and oxygen atoms in total. The van der Waals surface area contributed by atoms with Crippen LogP contribution in [0.25, 0.3) is 0 Å². The molecule has 2 bridgehead atoms. The highest BCUT2D eigenvalue weighted by Crippen LogP contribution is 2.49. The van der Waals surface area contributed by atoms with Crippen LogP contribution in [0.5, 0.6) is 0 Å². The van der Waals surface area contributed by atoms with Crippen LogP contribution in [0.2, 0.25) is 0 Å². The molecule has 0 aromatic heterocycles. The molecule has 18 heavy (non-hydrogen) atoms. The predicted molar refractivity (Wildman–Crippen MR) is 65.9 cm³/mol. The van der Waals surface area contributed by atoms with Crippen molar-refractivity contribution in [1.82, 2.24) is 4.90 Å². The fourth-order valence-electron chi connectivity index (χ4n) is 4.16. The van der Waals surface area contributed by atoms with Gasteiger partial charge in [0.2, 0.25) is 5.91 Å². The molecule has 1 aliphatic heterocycles. The summed E-state index contributed by atoms with van der Waals surface area (Å²) in [5.74, 6) is 0.711. The Morgan fingerprint density at radius 3 is 2.56 bits per heavy atom. The van der Waals surface area contributed by atoms with Gasteiger partial charge in [0, 0.05) is 19.0 Å². The number of hydrogen-bond donors (Lipinski definition) is 1. The van der Waals surface area contributed by atoms with Gasteiger partial charge in [-0.2, -0.15) is 0 Å². The van der Waals surface area contributed by atoms with Crippen LogP contribution in [0.3, 0.4) is 0 Å². The summed E-state index contributed by atoms with van der Waals surface area (Å²) in [5.41, 5.74) is 0. The smallest absolute Gasteiger partial charge is 0.308 e. The molecule has 3 aliphatic rings. The molecule has 0 spiro atoms. The maximum absolute atomic E-state index is 12.5. The molecule has 4 heteroatoms. The average Bonchev–Trinajstić information content (AvgIpc) is 3.00. The molecule has 0 aromatic carbocycles. The van der Waals surface area contributed by atoms with Gasteiger partial charge in [0.15, 0.2) is 0 Å². The maximum Gasteiger partial charge on any atom is 0.308 e. The zero-order valence-electron chi connectivity index (χ0n) is 10.7. The Kier molecular flexibility index (Phi) is 3.04. The van der Waals surface area contributed by atoms with E-state index in [1.54, 1.807) is 0 Å². The van der Waals surface area contributed by atoms with E-state index in [-0.39, 0.29) is 17.7 Å². The Hall–Kier alpha value is -1.06. The van der Waals surface area contributed by atoms with Crippen LogP contribution in [0.15, 0.2) is 0 Å². The van der Waals surface area contributed by atoms with Gasteiger partial charge in [0.25, 0.3) is 0 Å². The molecule has 2 saturated carbocycles. The highest BCUT2D eigenvalue weighted by Gasteiger charge is 2.45. The molecule has 1 N–H and O–H groups in total. The van der Waals surface area contributed by atoms with Gasteiger partial charge in [-0.15, -0.1) is 0 Å². The van der Waals surface area contributed by atoms with Crippen molar-refractivity contribution in [2.24, 2.45) is 23.7 Å². The first-order valence-electron chi connectivity index (χ1n) is 7.16. The number of carboxylic acid groups (broad SMARTS) is 1. The Balaban J connectivity index is 1.64. The van der Waals surface area contributed by atoms with E-state index in [1.807, 2.05) is 4.90 Å². The normalized spacial score (nSPS) is 39.0. The van der Waals surface area contributed by atoms with Gasteiger partial charge >= 0.3 is 5.97 Å². The zero-order chi connectivity index (χ0) is 12.7. The van der Waals surface area contributed by atoms with E-state index in [4.69, 9.17) is 5.11 Å². The molecule has 100 valence electrons. The van der Waals surface area contributed by atoms with Gasteiger partial charge < -0.3 is 10.0 Å². The summed E-state index contributed by atoms with van der Waals surface area (Å²) in [6.07, 6.45) is 6.34. The average molecular weight is 251 g/mol. The SMILES string of the molecule is O=C(O)[C@@H]1CCCN(C(=O)C2CC3CCC2C3)C1. The van der Waals surface area contributed by atoms with E-state index >= 15 is 0 Å². The lowest BCUT2D eigenvalue weighted by Gasteiger charge is -2.34. The number of carboxylic acids is 1. The van der Waals surface area contributed by atoms with Crippen LogP contribution >= 0.6 is 0 Å². The van der Waals surface area contributed by atoms with Crippen LogP contribution in [0, 0.1) is 23.7 Å². The fraction of sp³-hybridized carbons (Fsp3) is 0.857. The summed E-state index contributed by atoms with van der Waals surface area (Å²) in [6.45, 7) is 1.19. The highest BCUT2D eigenvalue weighted by atomic mass is 16.4. The lowest BCUT2D eigenvalue weighted by molar-refractivity contribution is -0.147. The van der Waals surface area contributed by atoms with Gasteiger partial charge in [0.1, 0.15) is 0 Å². The number of aliphatic carboxylic acids is 1. The number of likely N-dealkylation sites (tertiary alicyclic amines) is 1. The van der Waals surface area contributed by atoms with E-state index in [0.717, 1.165) is 31.7 Å². The minimum atomic E-state index is -0.750. The summed E-state index contributed by atoms with van der Waals surface area (Å²) in [4.78, 5) is 25.4. The lowest BCUT2D eigenvalue weighted by atomic mass is 9.86. The van der Waals surface area contributed by atoms with Gasteiger partial charge in [-0.3, -0.25) is 9.59 Å². The number of hydrogen-bond acceptors (Lipinski definition) is 2. The Labute approximate surface area is 107 Å². The van der Waals surface area contributed by atoms with Crippen molar-refractivity contribution >= 4 is 11.9 Å². The van der Waals surface area contributed by atoms with Gasteiger partial charge in [-0.1, -0.05) is 6.42 Å². The van der Waals surface area contributed by atoms with Crippen LogP contribution in [-0.2, 0) is 9.59 Å². The Bertz CT molecular complexity index is 368. The number of rotatable bonds is 2. The summed E-state index contributed by atoms with van der Waals surface area (Å²) in [7, 11) is 0. The van der Waals surface area contributed by atoms with E-state index in [1.165, 1.54) is 19.3 Å². The zero-order valence-corrected chi connectivity index (χ0v) is 10.7. The Morgan fingerprint density at radius 2 is 1.94 bits per heavy atom. The van der Waals surface area contributed by atoms with Crippen LogP contribution < -0.4 is 0 Å². The number of fused-ring (bicyclic) bond motifs is 2. The largest absolute Gasteiger partial charge is 0.481 e. The topological polar surface area (TPSA) is 57.6 Å². The minimum Gasteiger partial charge on any atom is -0.481 e. The first kappa shape index (κ1) is 12.0. The number of carbonyl (C=O) groups excluding carboxylic acids is 1. The van der Waals surface area contributed by atoms with Gasteiger partial charge in [-0.25, -0.2) is 0 Å². The third-order valence-electron chi connectivity index (χ3n) is 5.14. The maximum atomic E-state index is 12.5. The van der Waals surface area contributed by atoms with Crippen molar-refractivity contribution in [3.05, 3.63) is 0 Å². The summed E-state index contributed by atoms with van der Waals surface area (Å²) in [5, 5.41) is 9.07. The fourth-order valence-corrected chi connectivity index (χ4v) is 4.16. The summed E-state index contributed by atoms with van der Waals surface area (Å²) in [6, 6.07) is 0.